The van der Waals surface area contributed by atoms with Gasteiger partial charge >= 0.3 is 6.18 Å². The molecule has 0 radical (unpaired) electrons. The summed E-state index contributed by atoms with van der Waals surface area (Å²) in [5, 5.41) is 15.0. The molecule has 3 aromatic heterocycles. The van der Waals surface area contributed by atoms with Gasteiger partial charge in [0.25, 0.3) is 5.92 Å². The van der Waals surface area contributed by atoms with Gasteiger partial charge in [-0.25, -0.2) is 4.98 Å². The van der Waals surface area contributed by atoms with Gasteiger partial charge in [0, 0.05) is 31.0 Å². The quantitative estimate of drug-likeness (QED) is 0.393. The molecule has 3 rings (SSSR count). The van der Waals surface area contributed by atoms with Crippen molar-refractivity contribution >= 4 is 17.6 Å². The molecule has 34 heavy (non-hydrogen) atoms. The zero-order valence-electron chi connectivity index (χ0n) is 18.5. The minimum Gasteiger partial charge on any atom is -0.396 e. The van der Waals surface area contributed by atoms with Gasteiger partial charge in [-0.1, -0.05) is 6.07 Å². The zero-order chi connectivity index (χ0) is 25.1. The molecule has 0 unspecified atom stereocenters. The minimum atomic E-state index is -4.67. The largest absolute Gasteiger partial charge is 0.433 e. The van der Waals surface area contributed by atoms with E-state index >= 15 is 0 Å². The first kappa shape index (κ1) is 25.1. The monoisotopic (exact) mass is 483 g/mol. The fraction of sp³-hybridized carbons (Fsp3) is 0.381. The van der Waals surface area contributed by atoms with E-state index in [2.05, 4.69) is 35.6 Å². The summed E-state index contributed by atoms with van der Waals surface area (Å²) in [5.41, 5.74) is -2.28. The van der Waals surface area contributed by atoms with Gasteiger partial charge in [0.05, 0.1) is 0 Å². The molecule has 0 spiro atoms. The molecule has 3 N–H and O–H groups in total. The third kappa shape index (κ3) is 6.53. The van der Waals surface area contributed by atoms with Crippen LogP contribution in [0.3, 0.4) is 0 Å². The summed E-state index contributed by atoms with van der Waals surface area (Å²) in [6.07, 6.45) is -3.18. The number of anilines is 3. The number of aliphatic hydroxyl groups is 1. The number of halogens is 5. The Hall–Kier alpha value is -3.48. The van der Waals surface area contributed by atoms with Gasteiger partial charge in [-0.15, -0.1) is 0 Å². The zero-order valence-corrected chi connectivity index (χ0v) is 18.5. The van der Waals surface area contributed by atoms with Crippen LogP contribution in [0.25, 0.3) is 11.5 Å². The summed E-state index contributed by atoms with van der Waals surface area (Å²) >= 11 is 0. The van der Waals surface area contributed by atoms with E-state index < -0.39 is 29.0 Å². The lowest BCUT2D eigenvalue weighted by Crippen LogP contribution is -2.33. The Morgan fingerprint density at radius 2 is 1.59 bits per heavy atom. The number of pyridine rings is 2. The Bertz CT molecular complexity index is 1150. The van der Waals surface area contributed by atoms with E-state index in [0.29, 0.717) is 13.3 Å². The molecule has 0 fully saturated rings. The molecule has 0 amide bonds. The second-order valence-corrected chi connectivity index (χ2v) is 8.14. The average Bonchev–Trinajstić information content (AvgIpc) is 2.72. The highest BCUT2D eigenvalue weighted by molar-refractivity contribution is 5.59. The van der Waals surface area contributed by atoms with Gasteiger partial charge in [-0.3, -0.25) is 4.98 Å². The maximum absolute atomic E-state index is 13.7. The molecule has 0 aliphatic carbocycles. The van der Waals surface area contributed by atoms with Crippen LogP contribution in [0, 0.1) is 0 Å². The predicted molar refractivity (Wildman–Crippen MR) is 115 cm³/mol. The van der Waals surface area contributed by atoms with Gasteiger partial charge < -0.3 is 15.7 Å². The van der Waals surface area contributed by atoms with Crippen molar-refractivity contribution in [3.05, 3.63) is 47.9 Å². The first-order valence-electron chi connectivity index (χ1n) is 10.1. The number of rotatable bonds is 8. The van der Waals surface area contributed by atoms with E-state index in [9.17, 15) is 27.1 Å². The summed E-state index contributed by atoms with van der Waals surface area (Å²) in [7, 11) is 0. The van der Waals surface area contributed by atoms with Crippen LogP contribution in [0.5, 0.6) is 0 Å². The Labute approximate surface area is 191 Å². The standard InChI is InChI=1S/C21H22F5N7O/c1-19(2,8-10-34)33-18-31-16(13-5-4-6-14(29-13)21(24,25)26)30-17(32-18)28-12-7-9-27-15(11-12)20(3,22)23/h4-7,9,11,34H,8,10H2,1-3H3,(H2,27,28,30,31,32,33). The van der Waals surface area contributed by atoms with Crippen molar-refractivity contribution in [2.45, 2.75) is 44.8 Å². The molecule has 0 aliphatic heterocycles. The number of aliphatic hydroxyl groups excluding tert-OH is 1. The Balaban J connectivity index is 2.05. The molecule has 0 aliphatic rings. The summed E-state index contributed by atoms with van der Waals surface area (Å²) in [6.45, 7) is 4.09. The van der Waals surface area contributed by atoms with E-state index in [1.807, 2.05) is 0 Å². The van der Waals surface area contributed by atoms with Crippen molar-refractivity contribution in [3.63, 3.8) is 0 Å². The molecule has 3 heterocycles. The predicted octanol–water partition coefficient (Wildman–Crippen LogP) is 4.78. The second-order valence-electron chi connectivity index (χ2n) is 8.14. The van der Waals surface area contributed by atoms with E-state index in [1.54, 1.807) is 13.8 Å². The Kier molecular flexibility index (Phi) is 6.96. The third-order valence-electron chi connectivity index (χ3n) is 4.56. The summed E-state index contributed by atoms with van der Waals surface area (Å²) in [4.78, 5) is 19.7. The first-order valence-corrected chi connectivity index (χ1v) is 10.1. The van der Waals surface area contributed by atoms with E-state index in [4.69, 9.17) is 0 Å². The highest BCUT2D eigenvalue weighted by atomic mass is 19.4. The molecule has 0 saturated heterocycles. The third-order valence-corrected chi connectivity index (χ3v) is 4.56. The summed E-state index contributed by atoms with van der Waals surface area (Å²) in [6, 6.07) is 5.80. The molecule has 0 bridgehead atoms. The Morgan fingerprint density at radius 3 is 2.24 bits per heavy atom. The maximum atomic E-state index is 13.7. The van der Waals surface area contributed by atoms with Crippen LogP contribution >= 0.6 is 0 Å². The molecule has 0 aromatic carbocycles. The van der Waals surface area contributed by atoms with Crippen LogP contribution in [-0.4, -0.2) is 42.2 Å². The van der Waals surface area contributed by atoms with Crippen LogP contribution in [0.4, 0.5) is 39.5 Å². The summed E-state index contributed by atoms with van der Waals surface area (Å²) in [5.74, 6) is -3.50. The highest BCUT2D eigenvalue weighted by Crippen LogP contribution is 2.30. The van der Waals surface area contributed by atoms with Gasteiger partial charge in [-0.2, -0.15) is 36.9 Å². The SMILES string of the molecule is CC(C)(CCO)Nc1nc(Nc2ccnc(C(C)(F)F)c2)nc(-c2cccc(C(F)(F)F)n2)n1. The van der Waals surface area contributed by atoms with Crippen molar-refractivity contribution in [1.29, 1.82) is 0 Å². The highest BCUT2D eigenvalue weighted by Gasteiger charge is 2.33. The van der Waals surface area contributed by atoms with Crippen molar-refractivity contribution in [1.82, 2.24) is 24.9 Å². The number of nitrogens with zero attached hydrogens (tertiary/aromatic N) is 5. The van der Waals surface area contributed by atoms with Gasteiger partial charge in [-0.05, 0) is 44.5 Å². The van der Waals surface area contributed by atoms with Crippen molar-refractivity contribution in [2.75, 3.05) is 17.2 Å². The van der Waals surface area contributed by atoms with Gasteiger partial charge in [0.15, 0.2) is 5.82 Å². The van der Waals surface area contributed by atoms with Crippen LogP contribution < -0.4 is 10.6 Å². The van der Waals surface area contributed by atoms with Crippen LogP contribution in [0.1, 0.15) is 38.6 Å². The van der Waals surface area contributed by atoms with Crippen molar-refractivity contribution in [2.24, 2.45) is 0 Å². The molecule has 182 valence electrons. The van der Waals surface area contributed by atoms with Gasteiger partial charge in [0.2, 0.25) is 11.9 Å². The lowest BCUT2D eigenvalue weighted by atomic mass is 10.0. The Morgan fingerprint density at radius 1 is 0.882 bits per heavy atom. The lowest BCUT2D eigenvalue weighted by Gasteiger charge is -2.25. The lowest BCUT2D eigenvalue weighted by molar-refractivity contribution is -0.141. The molecule has 0 saturated carbocycles. The van der Waals surface area contributed by atoms with E-state index in [-0.39, 0.29) is 35.7 Å². The van der Waals surface area contributed by atoms with Crippen LogP contribution in [0.2, 0.25) is 0 Å². The fourth-order valence-electron chi connectivity index (χ4n) is 2.84. The molecule has 0 atom stereocenters. The van der Waals surface area contributed by atoms with Crippen LogP contribution in [0.15, 0.2) is 36.5 Å². The van der Waals surface area contributed by atoms with Crippen molar-refractivity contribution in [3.8, 4) is 11.5 Å². The number of hydrogen-bond acceptors (Lipinski definition) is 8. The number of nitrogens with one attached hydrogen (secondary N) is 2. The number of alkyl halides is 5. The number of aromatic nitrogens is 5. The fourth-order valence-corrected chi connectivity index (χ4v) is 2.84. The smallest absolute Gasteiger partial charge is 0.396 e. The van der Waals surface area contributed by atoms with E-state index in [0.717, 1.165) is 12.1 Å². The summed E-state index contributed by atoms with van der Waals surface area (Å²) < 4.78 is 66.7. The molecular formula is C21H22F5N7O. The number of hydrogen-bond donors (Lipinski definition) is 3. The molecule has 3 aromatic rings. The van der Waals surface area contributed by atoms with Crippen LogP contribution in [-0.2, 0) is 12.1 Å². The molecule has 13 heteroatoms. The van der Waals surface area contributed by atoms with E-state index in [1.165, 1.54) is 24.4 Å². The van der Waals surface area contributed by atoms with Crippen molar-refractivity contribution < 1.29 is 27.1 Å². The molecule has 8 nitrogen and oxygen atoms in total. The van der Waals surface area contributed by atoms with Gasteiger partial charge in [0.1, 0.15) is 17.1 Å². The first-order chi connectivity index (χ1) is 15.8. The minimum absolute atomic E-state index is 0.0136. The topological polar surface area (TPSA) is 109 Å². The maximum Gasteiger partial charge on any atom is 0.433 e. The second kappa shape index (κ2) is 9.41. The molecular weight excluding hydrogens is 461 g/mol. The normalized spacial score (nSPS) is 12.5. The average molecular weight is 483 g/mol.